The predicted molar refractivity (Wildman–Crippen MR) is 77.0 cm³/mol. The van der Waals surface area contributed by atoms with E-state index in [-0.39, 0.29) is 16.9 Å². The lowest BCUT2D eigenvalue weighted by Gasteiger charge is -2.07. The summed E-state index contributed by atoms with van der Waals surface area (Å²) in [6.07, 6.45) is 1.90. The number of carboxylic acids is 1. The zero-order chi connectivity index (χ0) is 15.2. The molecule has 0 spiro atoms. The molecule has 0 aliphatic rings. The average Bonchev–Trinajstić information content (AvgIpc) is 2.39. The minimum absolute atomic E-state index is 0.0710. The molecular weight excluding hydrogens is 278 g/mol. The third-order valence-corrected chi connectivity index (χ3v) is 4.25. The van der Waals surface area contributed by atoms with E-state index in [2.05, 4.69) is 11.3 Å². The molecule has 1 aromatic carbocycles. The molecule has 0 atom stereocenters. The number of hydrogen-bond acceptors (Lipinski definition) is 3. The van der Waals surface area contributed by atoms with Crippen molar-refractivity contribution in [3.05, 3.63) is 42.0 Å². The second-order valence-corrected chi connectivity index (χ2v) is 6.25. The Morgan fingerprint density at radius 2 is 1.90 bits per heavy atom. The van der Waals surface area contributed by atoms with Gasteiger partial charge in [0.1, 0.15) is 0 Å². The van der Waals surface area contributed by atoms with Crippen LogP contribution < -0.4 is 4.72 Å². The third kappa shape index (κ3) is 4.79. The molecule has 20 heavy (non-hydrogen) atoms. The van der Waals surface area contributed by atoms with Gasteiger partial charge in [0.15, 0.2) is 0 Å². The van der Waals surface area contributed by atoms with Crippen molar-refractivity contribution in [3.63, 3.8) is 0 Å². The summed E-state index contributed by atoms with van der Waals surface area (Å²) in [5.41, 5.74) is 0.784. The lowest BCUT2D eigenvalue weighted by molar-refractivity contribution is -0.132. The molecular formula is C14H19NO4S. The molecule has 0 fully saturated rings. The number of carbonyl (C=O) groups is 1. The SMILES string of the molecule is C=C(Cc1ccc(S(=O)(=O)NCCCC)cc1)C(=O)O. The van der Waals surface area contributed by atoms with E-state index in [1.807, 2.05) is 6.92 Å². The number of nitrogens with one attached hydrogen (secondary N) is 1. The second kappa shape index (κ2) is 7.21. The summed E-state index contributed by atoms with van der Waals surface area (Å²) < 4.78 is 26.4. The fraction of sp³-hybridized carbons (Fsp3) is 0.357. The first-order chi connectivity index (χ1) is 9.36. The van der Waals surface area contributed by atoms with E-state index in [4.69, 9.17) is 5.11 Å². The summed E-state index contributed by atoms with van der Waals surface area (Å²) in [6.45, 7) is 5.84. The number of carboxylic acid groups (broad SMARTS) is 1. The number of rotatable bonds is 8. The van der Waals surface area contributed by atoms with Crippen molar-refractivity contribution in [3.8, 4) is 0 Å². The number of benzene rings is 1. The predicted octanol–water partition coefficient (Wildman–Crippen LogP) is 1.95. The van der Waals surface area contributed by atoms with Crippen LogP contribution in [0.25, 0.3) is 0 Å². The third-order valence-electron chi connectivity index (χ3n) is 2.78. The molecule has 5 nitrogen and oxygen atoms in total. The van der Waals surface area contributed by atoms with Crippen LogP contribution in [0, 0.1) is 0 Å². The highest BCUT2D eigenvalue weighted by molar-refractivity contribution is 7.89. The molecule has 1 aromatic rings. The largest absolute Gasteiger partial charge is 0.478 e. The van der Waals surface area contributed by atoms with Crippen LogP contribution in [-0.2, 0) is 21.2 Å². The lowest BCUT2D eigenvalue weighted by Crippen LogP contribution is -2.24. The number of aliphatic carboxylic acids is 1. The Balaban J connectivity index is 2.75. The van der Waals surface area contributed by atoms with E-state index in [0.29, 0.717) is 12.1 Å². The first-order valence-corrected chi connectivity index (χ1v) is 7.85. The van der Waals surface area contributed by atoms with Crippen molar-refractivity contribution < 1.29 is 18.3 Å². The van der Waals surface area contributed by atoms with Crippen LogP contribution in [0.5, 0.6) is 0 Å². The highest BCUT2D eigenvalue weighted by Crippen LogP contribution is 2.13. The van der Waals surface area contributed by atoms with Gasteiger partial charge >= 0.3 is 5.97 Å². The molecule has 2 N–H and O–H groups in total. The van der Waals surface area contributed by atoms with E-state index >= 15 is 0 Å². The molecule has 0 unspecified atom stereocenters. The lowest BCUT2D eigenvalue weighted by atomic mass is 10.1. The summed E-state index contributed by atoms with van der Waals surface area (Å²) in [5, 5.41) is 8.74. The van der Waals surface area contributed by atoms with E-state index in [1.165, 1.54) is 12.1 Å². The van der Waals surface area contributed by atoms with Gasteiger partial charge in [-0.05, 0) is 24.1 Å². The summed E-state index contributed by atoms with van der Waals surface area (Å²) in [4.78, 5) is 10.9. The number of unbranched alkanes of at least 4 members (excludes halogenated alkanes) is 1. The fourth-order valence-electron chi connectivity index (χ4n) is 1.58. The monoisotopic (exact) mass is 297 g/mol. The quantitative estimate of drug-likeness (QED) is 0.567. The number of hydrogen-bond donors (Lipinski definition) is 2. The molecule has 0 aliphatic heterocycles. The second-order valence-electron chi connectivity index (χ2n) is 4.48. The molecule has 0 saturated carbocycles. The molecule has 110 valence electrons. The van der Waals surface area contributed by atoms with E-state index in [0.717, 1.165) is 12.8 Å². The van der Waals surface area contributed by atoms with Crippen molar-refractivity contribution >= 4 is 16.0 Å². The van der Waals surface area contributed by atoms with Gasteiger partial charge in [0.05, 0.1) is 4.90 Å². The Hall–Kier alpha value is -1.66. The van der Waals surface area contributed by atoms with Crippen molar-refractivity contribution in [1.82, 2.24) is 4.72 Å². The molecule has 1 rings (SSSR count). The van der Waals surface area contributed by atoms with Crippen LogP contribution in [0.4, 0.5) is 0 Å². The summed E-state index contributed by atoms with van der Waals surface area (Å²) in [6, 6.07) is 6.14. The van der Waals surface area contributed by atoms with Gasteiger partial charge in [0, 0.05) is 18.5 Å². The van der Waals surface area contributed by atoms with Crippen molar-refractivity contribution in [1.29, 1.82) is 0 Å². The summed E-state index contributed by atoms with van der Waals surface area (Å²) in [5.74, 6) is -1.05. The highest BCUT2D eigenvalue weighted by Gasteiger charge is 2.13. The van der Waals surface area contributed by atoms with Crippen LogP contribution in [0.1, 0.15) is 25.3 Å². The van der Waals surface area contributed by atoms with Gasteiger partial charge in [-0.25, -0.2) is 17.9 Å². The normalized spacial score (nSPS) is 11.2. The maximum atomic E-state index is 11.9. The van der Waals surface area contributed by atoms with Gasteiger partial charge < -0.3 is 5.11 Å². The summed E-state index contributed by atoms with van der Waals surface area (Å²) >= 11 is 0. The first kappa shape index (κ1) is 16.4. The standard InChI is InChI=1S/C14H19NO4S/c1-3-4-9-15-20(18,19)13-7-5-12(6-8-13)10-11(2)14(16)17/h5-8,15H,2-4,9-10H2,1H3,(H,16,17). The van der Waals surface area contributed by atoms with Crippen molar-refractivity contribution in [2.75, 3.05) is 6.54 Å². The molecule has 6 heteroatoms. The van der Waals surface area contributed by atoms with Gasteiger partial charge in [-0.2, -0.15) is 0 Å². The van der Waals surface area contributed by atoms with E-state index < -0.39 is 16.0 Å². The Kier molecular flexibility index (Phi) is 5.91. The van der Waals surface area contributed by atoms with Gasteiger partial charge in [-0.15, -0.1) is 0 Å². The van der Waals surface area contributed by atoms with Crippen LogP contribution in [0.2, 0.25) is 0 Å². The maximum absolute atomic E-state index is 11.9. The minimum atomic E-state index is -3.48. The Morgan fingerprint density at radius 1 is 1.30 bits per heavy atom. The van der Waals surface area contributed by atoms with Crippen LogP contribution in [-0.4, -0.2) is 26.0 Å². The zero-order valence-electron chi connectivity index (χ0n) is 11.4. The van der Waals surface area contributed by atoms with Crippen LogP contribution in [0.15, 0.2) is 41.3 Å². The summed E-state index contributed by atoms with van der Waals surface area (Å²) in [7, 11) is -3.48. The average molecular weight is 297 g/mol. The molecule has 0 heterocycles. The maximum Gasteiger partial charge on any atom is 0.331 e. The molecule has 0 aliphatic carbocycles. The van der Waals surface area contributed by atoms with Gasteiger partial charge in [-0.1, -0.05) is 32.1 Å². The Morgan fingerprint density at radius 3 is 2.40 bits per heavy atom. The van der Waals surface area contributed by atoms with Gasteiger partial charge in [0.2, 0.25) is 10.0 Å². The first-order valence-electron chi connectivity index (χ1n) is 6.36. The fourth-order valence-corrected chi connectivity index (χ4v) is 2.65. The van der Waals surface area contributed by atoms with Gasteiger partial charge in [0.25, 0.3) is 0 Å². The van der Waals surface area contributed by atoms with Gasteiger partial charge in [-0.3, -0.25) is 0 Å². The van der Waals surface area contributed by atoms with E-state index in [9.17, 15) is 13.2 Å². The molecule has 0 amide bonds. The zero-order valence-corrected chi connectivity index (χ0v) is 12.2. The van der Waals surface area contributed by atoms with Crippen LogP contribution >= 0.6 is 0 Å². The molecule has 0 aromatic heterocycles. The van der Waals surface area contributed by atoms with Crippen molar-refractivity contribution in [2.45, 2.75) is 31.1 Å². The smallest absolute Gasteiger partial charge is 0.331 e. The minimum Gasteiger partial charge on any atom is -0.478 e. The highest BCUT2D eigenvalue weighted by atomic mass is 32.2. The van der Waals surface area contributed by atoms with E-state index in [1.54, 1.807) is 12.1 Å². The topological polar surface area (TPSA) is 83.5 Å². The van der Waals surface area contributed by atoms with Crippen LogP contribution in [0.3, 0.4) is 0 Å². The Bertz CT molecular complexity index is 576. The van der Waals surface area contributed by atoms with Crippen molar-refractivity contribution in [2.24, 2.45) is 0 Å². The number of sulfonamides is 1. The molecule has 0 saturated heterocycles. The molecule has 0 bridgehead atoms. The molecule has 0 radical (unpaired) electrons. The Labute approximate surface area is 119 Å².